The van der Waals surface area contributed by atoms with Crippen molar-refractivity contribution < 1.29 is 13.7 Å². The molecule has 1 N–H and O–H groups in total. The normalized spacial score (nSPS) is 35.0. The van der Waals surface area contributed by atoms with Gasteiger partial charge in [0, 0.05) is 0 Å². The Bertz CT molecular complexity index is 152. The van der Waals surface area contributed by atoms with Crippen LogP contribution in [0.5, 0.6) is 0 Å². The van der Waals surface area contributed by atoms with Crippen LogP contribution in [0.4, 0.5) is 8.78 Å². The van der Waals surface area contributed by atoms with Crippen molar-refractivity contribution in [2.45, 2.75) is 24.5 Å². The van der Waals surface area contributed by atoms with Crippen LogP contribution in [0.2, 0.25) is 0 Å². The zero-order valence-electron chi connectivity index (χ0n) is 7.28. The van der Waals surface area contributed by atoms with Crippen LogP contribution in [0, 0.1) is 7.05 Å². The lowest BCUT2D eigenvalue weighted by molar-refractivity contribution is -0.861. The van der Waals surface area contributed by atoms with Crippen LogP contribution in [0.25, 0.3) is 0 Å². The summed E-state index contributed by atoms with van der Waals surface area (Å²) >= 11 is 1.35. The molecule has 0 amide bonds. The van der Waals surface area contributed by atoms with Gasteiger partial charge < -0.3 is 4.90 Å². The quantitative estimate of drug-likeness (QED) is 0.639. The minimum Gasteiger partial charge on any atom is -0.467 e. The number of alkyl halides is 2. The third-order valence-electron chi connectivity index (χ3n) is 2.12. The summed E-state index contributed by atoms with van der Waals surface area (Å²) in [5, 5.41) is -0.524. The number of quaternary nitrogens is 1. The van der Waals surface area contributed by atoms with E-state index < -0.39 is 11.2 Å². The van der Waals surface area contributed by atoms with Gasteiger partial charge in [-0.15, -0.1) is 11.8 Å². The highest BCUT2D eigenvalue weighted by Crippen LogP contribution is 2.32. The van der Waals surface area contributed by atoms with E-state index in [-0.39, 0.29) is 6.42 Å². The predicted octanol–water partition coefficient (Wildman–Crippen LogP) is 0.824. The Balaban J connectivity index is 2.52. The molecule has 0 radical (unpaired) electrons. The fourth-order valence-electron chi connectivity index (χ4n) is 1.40. The molecule has 1 nitrogen and oxygen atoms in total. The molecule has 0 aromatic carbocycles. The summed E-state index contributed by atoms with van der Waals surface area (Å²) in [5.41, 5.74) is 0. The molecule has 0 bridgehead atoms. The topological polar surface area (TPSA) is 4.44 Å². The predicted molar refractivity (Wildman–Crippen MR) is 47.5 cm³/mol. The summed E-state index contributed by atoms with van der Waals surface area (Å²) < 4.78 is 26.3. The van der Waals surface area contributed by atoms with Crippen LogP contribution in [0.15, 0.2) is 0 Å². The van der Waals surface area contributed by atoms with Crippen molar-refractivity contribution in [2.24, 2.45) is 0 Å². The van der Waals surface area contributed by atoms with Gasteiger partial charge in [-0.3, -0.25) is 0 Å². The van der Waals surface area contributed by atoms with E-state index in [1.807, 2.05) is 6.92 Å². The first kappa shape index (κ1) is 10.3. The maximum Gasteiger partial charge on any atom is 0.270 e. The number of likely N-dealkylation sites (tertiary alicyclic amines) is 1. The number of thioether (sulfide) groups is 1. The molecule has 72 valence electrons. The van der Waals surface area contributed by atoms with Crippen molar-refractivity contribution in [3.05, 3.63) is 7.05 Å². The molecular weight excluding hydrogens is 180 g/mol. The smallest absolute Gasteiger partial charge is 0.270 e. The van der Waals surface area contributed by atoms with Crippen LogP contribution in [0.3, 0.4) is 0 Å². The lowest BCUT2D eigenvalue weighted by Gasteiger charge is -2.37. The van der Waals surface area contributed by atoms with Gasteiger partial charge in [0.15, 0.2) is 0 Å². The summed E-state index contributed by atoms with van der Waals surface area (Å²) in [6.07, 6.45) is -0.0104. The molecule has 0 aliphatic carbocycles. The average molecular weight is 195 g/mol. The van der Waals surface area contributed by atoms with E-state index in [4.69, 9.17) is 0 Å². The fraction of sp³-hybridized carbons (Fsp3) is 0.875. The molecule has 2 atom stereocenters. The molecule has 4 heteroatoms. The van der Waals surface area contributed by atoms with Crippen molar-refractivity contribution in [1.29, 1.82) is 0 Å². The summed E-state index contributed by atoms with van der Waals surface area (Å²) in [7, 11) is 3.77. The number of hydrogen-bond donors (Lipinski definition) is 1. The first-order chi connectivity index (χ1) is 5.56. The zero-order valence-corrected chi connectivity index (χ0v) is 8.09. The van der Waals surface area contributed by atoms with Gasteiger partial charge in [-0.1, -0.05) is 6.92 Å². The first-order valence-corrected chi connectivity index (χ1v) is 5.27. The third kappa shape index (κ3) is 2.33. The first-order valence-electron chi connectivity index (χ1n) is 4.22. The lowest BCUT2D eigenvalue weighted by Crippen LogP contribution is -3.10. The Morgan fingerprint density at radius 3 is 2.92 bits per heavy atom. The van der Waals surface area contributed by atoms with Crippen LogP contribution >= 0.6 is 11.8 Å². The van der Waals surface area contributed by atoms with Gasteiger partial charge in [0.25, 0.3) is 5.92 Å². The van der Waals surface area contributed by atoms with Crippen molar-refractivity contribution >= 4 is 11.8 Å². The van der Waals surface area contributed by atoms with Crippen molar-refractivity contribution in [2.75, 3.05) is 18.8 Å². The van der Waals surface area contributed by atoms with E-state index in [1.54, 1.807) is 0 Å². The minimum atomic E-state index is -2.47. The molecule has 1 rings (SSSR count). The maximum absolute atomic E-state index is 13.2. The van der Waals surface area contributed by atoms with Gasteiger partial charge in [0.05, 0.1) is 19.5 Å². The molecule has 0 saturated carbocycles. The number of rotatable bonds is 2. The van der Waals surface area contributed by atoms with Gasteiger partial charge >= 0.3 is 0 Å². The number of halogens is 2. The van der Waals surface area contributed by atoms with Gasteiger partial charge in [0.1, 0.15) is 5.25 Å². The average Bonchev–Trinajstić information content (AvgIpc) is 1.98. The van der Waals surface area contributed by atoms with E-state index in [0.717, 1.165) is 10.7 Å². The molecule has 2 unspecified atom stereocenters. The van der Waals surface area contributed by atoms with Crippen molar-refractivity contribution in [1.82, 2.24) is 0 Å². The molecule has 1 aliphatic rings. The molecule has 12 heavy (non-hydrogen) atoms. The highest BCUT2D eigenvalue weighted by molar-refractivity contribution is 7.99. The Morgan fingerprint density at radius 2 is 2.33 bits per heavy atom. The van der Waals surface area contributed by atoms with Crippen molar-refractivity contribution in [3.63, 3.8) is 0 Å². The highest BCUT2D eigenvalue weighted by Gasteiger charge is 2.44. The van der Waals surface area contributed by atoms with E-state index in [0.29, 0.717) is 13.1 Å². The molecule has 1 saturated heterocycles. The summed E-state index contributed by atoms with van der Waals surface area (Å²) in [5.74, 6) is -1.71. The van der Waals surface area contributed by atoms with Crippen LogP contribution in [0.1, 0.15) is 13.3 Å². The Labute approximate surface area is 76.5 Å². The van der Waals surface area contributed by atoms with E-state index in [1.165, 1.54) is 11.8 Å². The second-order valence-corrected chi connectivity index (χ2v) is 4.64. The van der Waals surface area contributed by atoms with E-state index in [9.17, 15) is 8.78 Å². The van der Waals surface area contributed by atoms with Gasteiger partial charge in [-0.05, 0) is 5.75 Å². The molecule has 1 aliphatic heterocycles. The monoisotopic (exact) mass is 195 g/mol. The SMILES string of the molecule is [CH2-][NH+]1CCC(F)(F)C(SCC)C1. The fourth-order valence-corrected chi connectivity index (χ4v) is 2.52. The Kier molecular flexibility index (Phi) is 3.35. The Hall–Kier alpha value is 0.170. The maximum atomic E-state index is 13.2. The van der Waals surface area contributed by atoms with Gasteiger partial charge in [-0.25, -0.2) is 8.78 Å². The van der Waals surface area contributed by atoms with Gasteiger partial charge in [0.2, 0.25) is 0 Å². The summed E-state index contributed by atoms with van der Waals surface area (Å²) in [6.45, 7) is 2.90. The third-order valence-corrected chi connectivity index (χ3v) is 3.37. The number of hydrogen-bond acceptors (Lipinski definition) is 1. The van der Waals surface area contributed by atoms with Crippen LogP contribution in [-0.2, 0) is 0 Å². The molecule has 0 spiro atoms. The van der Waals surface area contributed by atoms with Crippen molar-refractivity contribution in [3.8, 4) is 0 Å². The van der Waals surface area contributed by atoms with Gasteiger partial charge in [-0.2, -0.15) is 7.05 Å². The molecule has 1 fully saturated rings. The minimum absolute atomic E-state index is 0.0104. The van der Waals surface area contributed by atoms with E-state index >= 15 is 0 Å². The van der Waals surface area contributed by atoms with Crippen LogP contribution < -0.4 is 4.90 Å². The number of nitrogens with one attached hydrogen (secondary N) is 1. The molecule has 0 aromatic rings. The standard InChI is InChI=1S/C8H15F2NS/c1-3-12-7-6-11(2)5-4-8(7,9)10/h7,11H,2-6H2,1H3. The second-order valence-electron chi connectivity index (χ2n) is 3.16. The summed E-state index contributed by atoms with van der Waals surface area (Å²) in [6, 6.07) is 0. The van der Waals surface area contributed by atoms with E-state index in [2.05, 4.69) is 7.05 Å². The number of piperidine rings is 1. The molecular formula is C8H15F2NS. The summed E-state index contributed by atoms with van der Waals surface area (Å²) in [4.78, 5) is 0.979. The second kappa shape index (κ2) is 3.92. The Morgan fingerprint density at radius 1 is 1.67 bits per heavy atom. The molecule has 1 heterocycles. The molecule has 0 aromatic heterocycles. The highest BCUT2D eigenvalue weighted by atomic mass is 32.2. The lowest BCUT2D eigenvalue weighted by atomic mass is 10.1. The largest absolute Gasteiger partial charge is 0.467 e. The zero-order chi connectivity index (χ0) is 9.19. The van der Waals surface area contributed by atoms with Crippen LogP contribution in [-0.4, -0.2) is 30.0 Å².